The van der Waals surface area contributed by atoms with Crippen LogP contribution in [-0.2, 0) is 5.41 Å². The molecule has 1 aliphatic rings. The van der Waals surface area contributed by atoms with Crippen LogP contribution in [0.3, 0.4) is 0 Å². The number of nitriles is 1. The van der Waals surface area contributed by atoms with Gasteiger partial charge < -0.3 is 0 Å². The first kappa shape index (κ1) is 10.5. The maximum Gasteiger partial charge on any atom is 0.0988 e. The molecule has 0 aromatic heterocycles. The Bertz CT molecular complexity index is 393. The second kappa shape index (κ2) is 4.24. The molecule has 0 amide bonds. The summed E-state index contributed by atoms with van der Waals surface area (Å²) in [7, 11) is 0. The van der Waals surface area contributed by atoms with Crippen LogP contribution in [0.2, 0.25) is 0 Å². The average molecular weight is 221 g/mol. The summed E-state index contributed by atoms with van der Waals surface area (Å²) in [6, 6.07) is 10.3. The van der Waals surface area contributed by atoms with Crippen LogP contribution in [0.1, 0.15) is 18.4 Å². The fourth-order valence-corrected chi connectivity index (χ4v) is 2.33. The van der Waals surface area contributed by atoms with E-state index in [1.54, 1.807) is 0 Å². The highest BCUT2D eigenvalue weighted by Crippen LogP contribution is 2.48. The van der Waals surface area contributed by atoms with Crippen LogP contribution in [0.4, 0.5) is 4.39 Å². The molecule has 0 saturated heterocycles. The van der Waals surface area contributed by atoms with Crippen molar-refractivity contribution >= 4 is 11.8 Å². The normalized spacial score (nSPS) is 17.1. The number of rotatable bonds is 4. The number of hydrogen-bond donors (Lipinski definition) is 0. The van der Waals surface area contributed by atoms with Gasteiger partial charge in [0.1, 0.15) is 0 Å². The first-order valence-corrected chi connectivity index (χ1v) is 6.00. The second-order valence-corrected chi connectivity index (χ2v) is 4.93. The maximum absolute atomic E-state index is 12.0. The maximum atomic E-state index is 12.0. The average Bonchev–Trinajstić information content (AvgIpc) is 3.08. The summed E-state index contributed by atoms with van der Waals surface area (Å²) in [5.41, 5.74) is 0.862. The molecule has 0 bridgehead atoms. The van der Waals surface area contributed by atoms with Crippen molar-refractivity contribution in [2.24, 2.45) is 0 Å². The van der Waals surface area contributed by atoms with Gasteiger partial charge in [-0.15, -0.1) is 11.8 Å². The van der Waals surface area contributed by atoms with E-state index in [0.29, 0.717) is 5.75 Å². The highest BCUT2D eigenvalue weighted by atomic mass is 32.2. The fourth-order valence-electron chi connectivity index (χ4n) is 1.63. The SMILES string of the molecule is N#CC1(c2cccc(SCCF)c2)CC1. The fraction of sp³-hybridized carbons (Fsp3) is 0.417. The summed E-state index contributed by atoms with van der Waals surface area (Å²) in [6.07, 6.45) is 1.92. The smallest absolute Gasteiger partial charge is 0.0988 e. The quantitative estimate of drug-likeness (QED) is 0.728. The summed E-state index contributed by atoms with van der Waals surface area (Å²) in [5.74, 6) is 0.489. The molecule has 1 aliphatic carbocycles. The highest BCUT2D eigenvalue weighted by Gasteiger charge is 2.44. The van der Waals surface area contributed by atoms with Crippen LogP contribution in [0.25, 0.3) is 0 Å². The van der Waals surface area contributed by atoms with Crippen LogP contribution in [0, 0.1) is 11.3 Å². The number of nitrogens with zero attached hydrogens (tertiary/aromatic N) is 1. The Morgan fingerprint density at radius 2 is 2.27 bits per heavy atom. The van der Waals surface area contributed by atoms with Gasteiger partial charge >= 0.3 is 0 Å². The molecule has 0 unspecified atom stereocenters. The summed E-state index contributed by atoms with van der Waals surface area (Å²) in [4.78, 5) is 1.06. The Morgan fingerprint density at radius 3 is 2.87 bits per heavy atom. The number of hydrogen-bond acceptors (Lipinski definition) is 2. The van der Waals surface area contributed by atoms with E-state index >= 15 is 0 Å². The van der Waals surface area contributed by atoms with Crippen molar-refractivity contribution in [3.05, 3.63) is 29.8 Å². The lowest BCUT2D eigenvalue weighted by atomic mass is 9.98. The van der Waals surface area contributed by atoms with Crippen LogP contribution in [-0.4, -0.2) is 12.4 Å². The molecule has 1 aromatic carbocycles. The Kier molecular flexibility index (Phi) is 2.97. The first-order valence-electron chi connectivity index (χ1n) is 5.01. The van der Waals surface area contributed by atoms with Gasteiger partial charge in [-0.05, 0) is 30.5 Å². The third kappa shape index (κ3) is 2.15. The van der Waals surface area contributed by atoms with E-state index in [-0.39, 0.29) is 12.1 Å². The summed E-state index contributed by atoms with van der Waals surface area (Å²) in [6.45, 7) is -0.307. The minimum atomic E-state index is -0.307. The third-order valence-electron chi connectivity index (χ3n) is 2.70. The zero-order chi connectivity index (χ0) is 10.7. The van der Waals surface area contributed by atoms with Crippen molar-refractivity contribution in [1.82, 2.24) is 0 Å². The van der Waals surface area contributed by atoms with E-state index in [2.05, 4.69) is 6.07 Å². The van der Waals surface area contributed by atoms with Crippen LogP contribution >= 0.6 is 11.8 Å². The van der Waals surface area contributed by atoms with E-state index in [1.165, 1.54) is 11.8 Å². The molecule has 0 spiro atoms. The molecule has 78 valence electrons. The molecule has 0 radical (unpaired) electrons. The van der Waals surface area contributed by atoms with E-state index in [9.17, 15) is 4.39 Å². The molecule has 15 heavy (non-hydrogen) atoms. The van der Waals surface area contributed by atoms with Crippen molar-refractivity contribution in [2.75, 3.05) is 12.4 Å². The summed E-state index contributed by atoms with van der Waals surface area (Å²) >= 11 is 1.50. The third-order valence-corrected chi connectivity index (χ3v) is 3.64. The van der Waals surface area contributed by atoms with Gasteiger partial charge in [0.2, 0.25) is 0 Å². The summed E-state index contributed by atoms with van der Waals surface area (Å²) < 4.78 is 12.0. The van der Waals surface area contributed by atoms with Crippen molar-refractivity contribution in [3.63, 3.8) is 0 Å². The van der Waals surface area contributed by atoms with Crippen molar-refractivity contribution < 1.29 is 4.39 Å². The van der Waals surface area contributed by atoms with Gasteiger partial charge in [0, 0.05) is 10.6 Å². The molecule has 1 saturated carbocycles. The van der Waals surface area contributed by atoms with Crippen LogP contribution in [0.15, 0.2) is 29.2 Å². The van der Waals surface area contributed by atoms with E-state index in [1.807, 2.05) is 24.3 Å². The predicted octanol–water partition coefficient (Wildman–Crippen LogP) is 3.30. The largest absolute Gasteiger partial charge is 0.250 e. The summed E-state index contributed by atoms with van der Waals surface area (Å²) in [5, 5.41) is 9.06. The number of benzene rings is 1. The van der Waals surface area contributed by atoms with Gasteiger partial charge in [0.15, 0.2) is 0 Å². The van der Waals surface area contributed by atoms with E-state index in [4.69, 9.17) is 5.26 Å². The molecule has 0 atom stereocenters. The van der Waals surface area contributed by atoms with E-state index < -0.39 is 0 Å². The Hall–Kier alpha value is -1.01. The van der Waals surface area contributed by atoms with Gasteiger partial charge in [-0.3, -0.25) is 4.39 Å². The van der Waals surface area contributed by atoms with Gasteiger partial charge in [-0.1, -0.05) is 12.1 Å². The molecule has 1 nitrogen and oxygen atoms in total. The lowest BCUT2D eigenvalue weighted by Crippen LogP contribution is -2.01. The minimum absolute atomic E-state index is 0.230. The topological polar surface area (TPSA) is 23.8 Å². The second-order valence-electron chi connectivity index (χ2n) is 3.76. The number of thioether (sulfide) groups is 1. The van der Waals surface area contributed by atoms with E-state index in [0.717, 1.165) is 23.3 Å². The molecular formula is C12H12FNS. The van der Waals surface area contributed by atoms with Gasteiger partial charge in [-0.25, -0.2) is 0 Å². The first-order chi connectivity index (χ1) is 7.30. The highest BCUT2D eigenvalue weighted by molar-refractivity contribution is 7.99. The Labute approximate surface area is 93.3 Å². The molecule has 0 aliphatic heterocycles. The standard InChI is InChI=1S/C12H12FNS/c13-6-7-15-11-3-1-2-10(8-11)12(9-14)4-5-12/h1-3,8H,4-7H2. The van der Waals surface area contributed by atoms with Crippen LogP contribution in [0.5, 0.6) is 0 Å². The molecule has 2 rings (SSSR count). The predicted molar refractivity (Wildman–Crippen MR) is 59.7 cm³/mol. The zero-order valence-corrected chi connectivity index (χ0v) is 9.19. The lowest BCUT2D eigenvalue weighted by molar-refractivity contribution is 0.533. The van der Waals surface area contributed by atoms with Gasteiger partial charge in [0.25, 0.3) is 0 Å². The Morgan fingerprint density at radius 1 is 1.47 bits per heavy atom. The zero-order valence-electron chi connectivity index (χ0n) is 8.37. The molecule has 3 heteroatoms. The minimum Gasteiger partial charge on any atom is -0.250 e. The molecule has 1 fully saturated rings. The lowest BCUT2D eigenvalue weighted by Gasteiger charge is -2.07. The number of alkyl halides is 1. The van der Waals surface area contributed by atoms with Gasteiger partial charge in [-0.2, -0.15) is 5.26 Å². The monoisotopic (exact) mass is 221 g/mol. The molecular weight excluding hydrogens is 209 g/mol. The van der Waals surface area contributed by atoms with Crippen molar-refractivity contribution in [2.45, 2.75) is 23.2 Å². The molecule has 0 N–H and O–H groups in total. The number of halogens is 1. The molecule has 1 aromatic rings. The van der Waals surface area contributed by atoms with Gasteiger partial charge in [0.05, 0.1) is 18.2 Å². The van der Waals surface area contributed by atoms with Crippen molar-refractivity contribution in [3.8, 4) is 6.07 Å². The Balaban J connectivity index is 2.17. The van der Waals surface area contributed by atoms with Crippen molar-refractivity contribution in [1.29, 1.82) is 5.26 Å². The molecule has 0 heterocycles. The van der Waals surface area contributed by atoms with Crippen LogP contribution < -0.4 is 0 Å².